The van der Waals surface area contributed by atoms with Crippen molar-refractivity contribution in [3.8, 4) is 11.8 Å². The highest BCUT2D eigenvalue weighted by molar-refractivity contribution is 7.89. The van der Waals surface area contributed by atoms with Crippen LogP contribution >= 0.6 is 0 Å². The molecule has 0 fully saturated rings. The minimum Gasteiger partial charge on any atom is -0.384 e. The predicted octanol–water partition coefficient (Wildman–Crippen LogP) is -0.978. The van der Waals surface area contributed by atoms with Gasteiger partial charge in [-0.05, 0) is 18.2 Å². The predicted molar refractivity (Wildman–Crippen MR) is 68.6 cm³/mol. The molecule has 1 aromatic heterocycles. The van der Waals surface area contributed by atoms with Crippen molar-refractivity contribution >= 4 is 10.0 Å². The van der Waals surface area contributed by atoms with Gasteiger partial charge in [-0.15, -0.1) is 10.2 Å². The molecule has 2 rings (SSSR count). The number of aliphatic hydroxyl groups excluding tert-OH is 1. The van der Waals surface area contributed by atoms with Gasteiger partial charge in [-0.3, -0.25) is 0 Å². The van der Waals surface area contributed by atoms with Crippen molar-refractivity contribution in [1.82, 2.24) is 25.3 Å². The number of nitrogens with zero attached hydrogens (tertiary/aromatic N) is 3. The van der Waals surface area contributed by atoms with Gasteiger partial charge in [0, 0.05) is 5.56 Å². The summed E-state index contributed by atoms with van der Waals surface area (Å²) in [7, 11) is -3.69. The minimum absolute atomic E-state index is 0.0641. The molecule has 0 amide bonds. The molecular formula is C11H11N5O3S. The summed E-state index contributed by atoms with van der Waals surface area (Å²) >= 11 is 0. The molecule has 0 saturated carbocycles. The molecule has 2 aromatic rings. The Bertz CT molecular complexity index is 731. The highest BCUT2D eigenvalue weighted by Crippen LogP contribution is 2.11. The molecule has 0 saturated heterocycles. The van der Waals surface area contributed by atoms with Crippen molar-refractivity contribution in [2.24, 2.45) is 0 Å². The Kier molecular flexibility index (Phi) is 4.41. The number of nitrogens with one attached hydrogen (secondary N) is 2. The second-order valence-corrected chi connectivity index (χ2v) is 5.41. The van der Waals surface area contributed by atoms with Gasteiger partial charge in [-0.2, -0.15) is 5.21 Å². The van der Waals surface area contributed by atoms with E-state index in [4.69, 9.17) is 5.11 Å². The van der Waals surface area contributed by atoms with Gasteiger partial charge in [-0.1, -0.05) is 23.1 Å². The zero-order valence-electron chi connectivity index (χ0n) is 10.2. The van der Waals surface area contributed by atoms with Gasteiger partial charge < -0.3 is 5.11 Å². The molecule has 1 heterocycles. The van der Waals surface area contributed by atoms with E-state index >= 15 is 0 Å². The Labute approximate surface area is 115 Å². The second kappa shape index (κ2) is 6.25. The van der Waals surface area contributed by atoms with E-state index in [1.165, 1.54) is 12.1 Å². The average Bonchev–Trinajstić information content (AvgIpc) is 2.97. The molecule has 3 N–H and O–H groups in total. The summed E-state index contributed by atoms with van der Waals surface area (Å²) in [5.41, 5.74) is 0.501. The lowest BCUT2D eigenvalue weighted by molar-refractivity contribution is 0.350. The van der Waals surface area contributed by atoms with Gasteiger partial charge >= 0.3 is 0 Å². The minimum atomic E-state index is -3.69. The van der Waals surface area contributed by atoms with E-state index in [0.717, 1.165) is 0 Å². The van der Waals surface area contributed by atoms with Crippen LogP contribution in [0, 0.1) is 11.8 Å². The average molecular weight is 293 g/mol. The van der Waals surface area contributed by atoms with Crippen molar-refractivity contribution in [3.05, 3.63) is 35.7 Å². The molecule has 0 aliphatic heterocycles. The Morgan fingerprint density at radius 3 is 2.95 bits per heavy atom. The standard InChI is InChI=1S/C11H11N5O3S/c17-6-2-4-9-3-1-5-10(7-9)20(18,19)12-8-11-13-15-16-14-11/h1,3,5,7,12,17H,6,8H2,(H,13,14,15,16). The number of rotatable bonds is 4. The van der Waals surface area contributed by atoms with Crippen molar-refractivity contribution in [2.75, 3.05) is 6.61 Å². The van der Waals surface area contributed by atoms with E-state index < -0.39 is 10.0 Å². The summed E-state index contributed by atoms with van der Waals surface area (Å²) in [6.07, 6.45) is 0. The molecule has 20 heavy (non-hydrogen) atoms. The molecule has 0 aliphatic carbocycles. The van der Waals surface area contributed by atoms with E-state index in [1.54, 1.807) is 12.1 Å². The molecule has 0 spiro atoms. The SMILES string of the molecule is O=S(=O)(NCc1nn[nH]n1)c1cccc(C#CCO)c1. The van der Waals surface area contributed by atoms with Crippen molar-refractivity contribution in [1.29, 1.82) is 0 Å². The van der Waals surface area contributed by atoms with Crippen LogP contribution in [0.4, 0.5) is 0 Å². The van der Waals surface area contributed by atoms with Crippen molar-refractivity contribution in [2.45, 2.75) is 11.4 Å². The zero-order chi connectivity index (χ0) is 14.4. The van der Waals surface area contributed by atoms with Gasteiger partial charge in [-0.25, -0.2) is 13.1 Å². The zero-order valence-corrected chi connectivity index (χ0v) is 11.1. The van der Waals surface area contributed by atoms with Gasteiger partial charge in [0.1, 0.15) is 6.61 Å². The Morgan fingerprint density at radius 1 is 1.40 bits per heavy atom. The fourth-order valence-corrected chi connectivity index (χ4v) is 2.41. The number of aromatic amines is 1. The third kappa shape index (κ3) is 3.61. The molecule has 0 radical (unpaired) electrons. The molecular weight excluding hydrogens is 282 g/mol. The van der Waals surface area contributed by atoms with E-state index in [2.05, 4.69) is 37.2 Å². The van der Waals surface area contributed by atoms with Crippen molar-refractivity contribution in [3.63, 3.8) is 0 Å². The molecule has 0 aliphatic rings. The first-order valence-electron chi connectivity index (χ1n) is 5.53. The lowest BCUT2D eigenvalue weighted by Gasteiger charge is -2.04. The van der Waals surface area contributed by atoms with Crippen LogP contribution in [0.1, 0.15) is 11.4 Å². The first-order chi connectivity index (χ1) is 9.62. The van der Waals surface area contributed by atoms with Crippen molar-refractivity contribution < 1.29 is 13.5 Å². The number of hydrogen-bond donors (Lipinski definition) is 3. The van der Waals surface area contributed by atoms with Crippen LogP contribution in [0.5, 0.6) is 0 Å². The second-order valence-electron chi connectivity index (χ2n) is 3.64. The van der Waals surface area contributed by atoms with Gasteiger partial charge in [0.05, 0.1) is 11.4 Å². The molecule has 104 valence electrons. The maximum absolute atomic E-state index is 12.1. The van der Waals surface area contributed by atoms with Crippen LogP contribution < -0.4 is 4.72 Å². The molecule has 0 bridgehead atoms. The van der Waals surface area contributed by atoms with E-state index in [1.807, 2.05) is 0 Å². The fraction of sp³-hybridized carbons (Fsp3) is 0.182. The summed E-state index contributed by atoms with van der Waals surface area (Å²) in [6, 6.07) is 6.09. The number of tetrazole rings is 1. The van der Waals surface area contributed by atoms with Gasteiger partial charge in [0.25, 0.3) is 0 Å². The fourth-order valence-electron chi connectivity index (χ4n) is 1.38. The maximum atomic E-state index is 12.1. The van der Waals surface area contributed by atoms with Crippen LogP contribution in [0.2, 0.25) is 0 Å². The summed E-state index contributed by atoms with van der Waals surface area (Å²) in [6.45, 7) is -0.349. The highest BCUT2D eigenvalue weighted by Gasteiger charge is 2.14. The lowest BCUT2D eigenvalue weighted by Crippen LogP contribution is -2.23. The molecule has 0 atom stereocenters. The van der Waals surface area contributed by atoms with E-state index in [0.29, 0.717) is 5.56 Å². The molecule has 9 heteroatoms. The summed E-state index contributed by atoms with van der Waals surface area (Å²) in [5, 5.41) is 21.5. The van der Waals surface area contributed by atoms with Gasteiger partial charge in [0.15, 0.2) is 5.82 Å². The number of aliphatic hydroxyl groups is 1. The Balaban J connectivity index is 2.16. The smallest absolute Gasteiger partial charge is 0.241 e. The first-order valence-corrected chi connectivity index (χ1v) is 7.02. The largest absolute Gasteiger partial charge is 0.384 e. The van der Waals surface area contributed by atoms with Crippen LogP contribution in [0.25, 0.3) is 0 Å². The number of sulfonamides is 1. The third-order valence-corrected chi connectivity index (χ3v) is 3.66. The normalized spacial score (nSPS) is 10.8. The quantitative estimate of drug-likeness (QED) is 0.623. The Morgan fingerprint density at radius 2 is 2.25 bits per heavy atom. The molecule has 8 nitrogen and oxygen atoms in total. The van der Waals surface area contributed by atoms with E-state index in [9.17, 15) is 8.42 Å². The van der Waals surface area contributed by atoms with Gasteiger partial charge in [0.2, 0.25) is 10.0 Å². The van der Waals surface area contributed by atoms with E-state index in [-0.39, 0.29) is 23.9 Å². The summed E-state index contributed by atoms with van der Waals surface area (Å²) in [5.74, 6) is 5.34. The first kappa shape index (κ1) is 14.1. The summed E-state index contributed by atoms with van der Waals surface area (Å²) < 4.78 is 26.5. The molecule has 1 aromatic carbocycles. The Hall–Kier alpha value is -2.28. The third-order valence-electron chi connectivity index (χ3n) is 2.27. The lowest BCUT2D eigenvalue weighted by atomic mass is 10.2. The topological polar surface area (TPSA) is 121 Å². The number of H-pyrrole nitrogens is 1. The van der Waals surface area contributed by atoms with Crippen LogP contribution in [-0.4, -0.2) is 40.8 Å². The molecule has 0 unspecified atom stereocenters. The highest BCUT2D eigenvalue weighted by atomic mass is 32.2. The van der Waals surface area contributed by atoms with Crippen LogP contribution in [0.3, 0.4) is 0 Å². The monoisotopic (exact) mass is 293 g/mol. The van der Waals surface area contributed by atoms with Crippen LogP contribution in [-0.2, 0) is 16.6 Å². The maximum Gasteiger partial charge on any atom is 0.241 e. The number of hydrogen-bond acceptors (Lipinski definition) is 6. The number of aromatic nitrogens is 4. The van der Waals surface area contributed by atoms with Crippen LogP contribution in [0.15, 0.2) is 29.2 Å². The number of benzene rings is 1. The summed E-state index contributed by atoms with van der Waals surface area (Å²) in [4.78, 5) is 0.0748.